The third-order valence-corrected chi connectivity index (χ3v) is 5.56. The number of amides is 1. The van der Waals surface area contributed by atoms with Crippen LogP contribution in [0.3, 0.4) is 0 Å². The molecular formula is C24H25ClF3N5O3. The molecule has 1 unspecified atom stereocenters. The molecule has 0 radical (unpaired) electrons. The van der Waals surface area contributed by atoms with Gasteiger partial charge in [-0.3, -0.25) is 14.9 Å². The van der Waals surface area contributed by atoms with E-state index in [1.807, 2.05) is 6.07 Å². The van der Waals surface area contributed by atoms with Gasteiger partial charge in [-0.05, 0) is 35.6 Å². The van der Waals surface area contributed by atoms with Gasteiger partial charge in [0.25, 0.3) is 0 Å². The summed E-state index contributed by atoms with van der Waals surface area (Å²) in [6, 6.07) is 11.1. The van der Waals surface area contributed by atoms with Crippen LogP contribution in [0.4, 0.5) is 18.9 Å². The second-order valence-electron chi connectivity index (χ2n) is 9.24. The molecule has 0 fully saturated rings. The number of anilines is 1. The summed E-state index contributed by atoms with van der Waals surface area (Å²) >= 11 is 6.08. The predicted molar refractivity (Wildman–Crippen MR) is 128 cm³/mol. The number of hydrogen-bond donors (Lipinski definition) is 3. The number of benzene rings is 2. The van der Waals surface area contributed by atoms with E-state index < -0.39 is 41.2 Å². The summed E-state index contributed by atoms with van der Waals surface area (Å²) < 4.78 is 39.9. The number of halogens is 4. The van der Waals surface area contributed by atoms with Crippen molar-refractivity contribution in [3.05, 3.63) is 71.0 Å². The normalized spacial score (nSPS) is 13.8. The summed E-state index contributed by atoms with van der Waals surface area (Å²) in [5, 5.41) is 22.3. The van der Waals surface area contributed by atoms with Crippen LogP contribution in [0.15, 0.2) is 54.7 Å². The summed E-state index contributed by atoms with van der Waals surface area (Å²) in [4.78, 5) is 25.4. The standard InChI is InChI=1S/C24H25ClF3N5O3/c1-23(2,3)20(29-17(22(35)36)11-14-7-5-4-6-8-14)21(34)30-16-12-15(25)9-10-18(16)33-13-19(31-32-33)24(26,27)28/h4-10,12-13,17,20,29H,11H2,1-3H3,(H,30,34)(H,35,36)/t17-,20?/m0/s1. The molecular weight excluding hydrogens is 499 g/mol. The molecule has 0 aliphatic carbocycles. The van der Waals surface area contributed by atoms with E-state index in [2.05, 4.69) is 20.9 Å². The van der Waals surface area contributed by atoms with Gasteiger partial charge in [-0.1, -0.05) is 67.9 Å². The smallest absolute Gasteiger partial charge is 0.436 e. The molecule has 2 atom stereocenters. The lowest BCUT2D eigenvalue weighted by atomic mass is 9.85. The van der Waals surface area contributed by atoms with Crippen LogP contribution in [0, 0.1) is 5.41 Å². The monoisotopic (exact) mass is 523 g/mol. The van der Waals surface area contributed by atoms with E-state index in [-0.39, 0.29) is 22.8 Å². The van der Waals surface area contributed by atoms with Crippen LogP contribution in [0.25, 0.3) is 5.69 Å². The Bertz CT molecular complexity index is 1230. The van der Waals surface area contributed by atoms with Crippen LogP contribution in [0.5, 0.6) is 0 Å². The van der Waals surface area contributed by atoms with Gasteiger partial charge in [0.05, 0.1) is 23.6 Å². The number of carboxylic acid groups (broad SMARTS) is 1. The van der Waals surface area contributed by atoms with Crippen molar-refractivity contribution >= 4 is 29.2 Å². The Morgan fingerprint density at radius 2 is 1.78 bits per heavy atom. The Morgan fingerprint density at radius 3 is 2.33 bits per heavy atom. The SMILES string of the molecule is CC(C)(C)C(N[C@@H](Cc1ccccc1)C(=O)O)C(=O)Nc1cc(Cl)ccc1-n1cc(C(F)(F)F)nn1. The molecule has 12 heteroatoms. The lowest BCUT2D eigenvalue weighted by Gasteiger charge is -2.33. The van der Waals surface area contributed by atoms with Gasteiger partial charge < -0.3 is 10.4 Å². The highest BCUT2D eigenvalue weighted by Gasteiger charge is 2.36. The number of carboxylic acids is 1. The van der Waals surface area contributed by atoms with E-state index in [0.717, 1.165) is 10.2 Å². The second kappa shape index (κ2) is 10.7. The van der Waals surface area contributed by atoms with Crippen molar-refractivity contribution in [3.8, 4) is 5.69 Å². The molecule has 0 saturated heterocycles. The van der Waals surface area contributed by atoms with Crippen molar-refractivity contribution in [1.82, 2.24) is 20.3 Å². The van der Waals surface area contributed by atoms with Crippen LogP contribution in [-0.2, 0) is 22.2 Å². The zero-order valence-corrected chi connectivity index (χ0v) is 20.4. The number of rotatable bonds is 8. The van der Waals surface area contributed by atoms with Gasteiger partial charge in [-0.15, -0.1) is 5.10 Å². The highest BCUT2D eigenvalue weighted by Crippen LogP contribution is 2.30. The molecule has 0 aliphatic rings. The van der Waals surface area contributed by atoms with Crippen LogP contribution in [0.1, 0.15) is 32.0 Å². The summed E-state index contributed by atoms with van der Waals surface area (Å²) in [7, 11) is 0. The molecule has 0 spiro atoms. The number of carbonyl (C=O) groups is 2. The van der Waals surface area contributed by atoms with E-state index in [1.54, 1.807) is 45.0 Å². The largest absolute Gasteiger partial charge is 0.480 e. The number of alkyl halides is 3. The molecule has 0 saturated carbocycles. The Morgan fingerprint density at radius 1 is 1.11 bits per heavy atom. The quantitative estimate of drug-likeness (QED) is 0.399. The first-order valence-electron chi connectivity index (χ1n) is 10.9. The fourth-order valence-electron chi connectivity index (χ4n) is 3.51. The van der Waals surface area contributed by atoms with Gasteiger partial charge in [0.1, 0.15) is 6.04 Å². The van der Waals surface area contributed by atoms with E-state index >= 15 is 0 Å². The maximum Gasteiger partial charge on any atom is 0.436 e. The van der Waals surface area contributed by atoms with Crippen molar-refractivity contribution in [1.29, 1.82) is 0 Å². The van der Waals surface area contributed by atoms with Crippen LogP contribution in [0.2, 0.25) is 5.02 Å². The van der Waals surface area contributed by atoms with E-state index in [4.69, 9.17) is 11.6 Å². The molecule has 3 aromatic rings. The van der Waals surface area contributed by atoms with E-state index in [1.165, 1.54) is 18.2 Å². The minimum absolute atomic E-state index is 0.0807. The maximum absolute atomic E-state index is 13.4. The highest BCUT2D eigenvalue weighted by molar-refractivity contribution is 6.31. The molecule has 3 rings (SSSR count). The number of nitrogens with zero attached hydrogens (tertiary/aromatic N) is 3. The molecule has 1 heterocycles. The molecule has 1 amide bonds. The fourth-order valence-corrected chi connectivity index (χ4v) is 3.68. The number of aliphatic carboxylic acids is 1. The first-order valence-corrected chi connectivity index (χ1v) is 11.3. The Labute approximate surface area is 210 Å². The van der Waals surface area contributed by atoms with Crippen LogP contribution >= 0.6 is 11.6 Å². The van der Waals surface area contributed by atoms with E-state index in [0.29, 0.717) is 6.20 Å². The molecule has 3 N–H and O–H groups in total. The van der Waals surface area contributed by atoms with Gasteiger partial charge in [-0.25, -0.2) is 4.68 Å². The Hall–Kier alpha value is -3.44. The molecule has 2 aromatic carbocycles. The topological polar surface area (TPSA) is 109 Å². The summed E-state index contributed by atoms with van der Waals surface area (Å²) in [5.74, 6) is -1.73. The third-order valence-electron chi connectivity index (χ3n) is 5.32. The van der Waals surface area contributed by atoms with Gasteiger partial charge >= 0.3 is 12.1 Å². The van der Waals surface area contributed by atoms with Gasteiger partial charge in [0.15, 0.2) is 5.69 Å². The van der Waals surface area contributed by atoms with Crippen molar-refractivity contribution in [2.45, 2.75) is 45.5 Å². The van der Waals surface area contributed by atoms with E-state index in [9.17, 15) is 27.9 Å². The van der Waals surface area contributed by atoms with Gasteiger partial charge in [0, 0.05) is 5.02 Å². The number of nitrogens with one attached hydrogen (secondary N) is 2. The highest BCUT2D eigenvalue weighted by atomic mass is 35.5. The summed E-state index contributed by atoms with van der Waals surface area (Å²) in [5.41, 5.74) is -0.979. The van der Waals surface area contributed by atoms with Gasteiger partial charge in [-0.2, -0.15) is 13.2 Å². The summed E-state index contributed by atoms with van der Waals surface area (Å²) in [6.45, 7) is 5.28. The Kier molecular flexibility index (Phi) is 8.05. The summed E-state index contributed by atoms with van der Waals surface area (Å²) in [6.07, 6.45) is -3.86. The predicted octanol–water partition coefficient (Wildman–Crippen LogP) is 4.58. The first-order chi connectivity index (χ1) is 16.8. The minimum Gasteiger partial charge on any atom is -0.480 e. The van der Waals surface area contributed by atoms with Crippen LogP contribution < -0.4 is 10.6 Å². The lowest BCUT2D eigenvalue weighted by Crippen LogP contribution is -2.55. The number of carbonyl (C=O) groups excluding carboxylic acids is 1. The van der Waals surface area contributed by atoms with Crippen molar-refractivity contribution in [2.24, 2.45) is 5.41 Å². The number of aromatic nitrogens is 3. The van der Waals surface area contributed by atoms with Gasteiger partial charge in [0.2, 0.25) is 5.91 Å². The molecule has 0 aliphatic heterocycles. The molecule has 1 aromatic heterocycles. The average Bonchev–Trinajstić information content (AvgIpc) is 3.27. The fraction of sp³-hybridized carbons (Fsp3) is 0.333. The number of hydrogen-bond acceptors (Lipinski definition) is 5. The average molecular weight is 524 g/mol. The molecule has 8 nitrogen and oxygen atoms in total. The first kappa shape index (κ1) is 27.2. The minimum atomic E-state index is -4.69. The maximum atomic E-state index is 13.4. The second-order valence-corrected chi connectivity index (χ2v) is 9.68. The Balaban J connectivity index is 1.90. The van der Waals surface area contributed by atoms with Crippen molar-refractivity contribution < 1.29 is 27.9 Å². The van der Waals surface area contributed by atoms with Crippen LogP contribution in [-0.4, -0.2) is 44.1 Å². The molecule has 36 heavy (non-hydrogen) atoms. The molecule has 0 bridgehead atoms. The zero-order valence-electron chi connectivity index (χ0n) is 19.7. The zero-order chi connectivity index (χ0) is 26.7. The third kappa shape index (κ3) is 6.82. The molecule has 192 valence electrons. The van der Waals surface area contributed by atoms with Crippen molar-refractivity contribution in [2.75, 3.05) is 5.32 Å². The lowest BCUT2D eigenvalue weighted by molar-refractivity contribution is -0.141. The van der Waals surface area contributed by atoms with Crippen molar-refractivity contribution in [3.63, 3.8) is 0 Å².